The molecule has 1 N–H and O–H groups in total. The Morgan fingerprint density at radius 1 is 1.44 bits per heavy atom. The van der Waals surface area contributed by atoms with Crippen LogP contribution in [-0.4, -0.2) is 49.1 Å². The van der Waals surface area contributed by atoms with Gasteiger partial charge in [0.25, 0.3) is 6.10 Å². The monoisotopic (exact) mass is 232 g/mol. The van der Waals surface area contributed by atoms with E-state index in [-0.39, 0.29) is 12.7 Å². The van der Waals surface area contributed by atoms with Gasteiger partial charge < -0.3 is 19.3 Å². The zero-order valence-electron chi connectivity index (χ0n) is 9.18. The Hall–Kier alpha value is -1.14. The van der Waals surface area contributed by atoms with E-state index in [1.165, 1.54) is 0 Å². The predicted molar refractivity (Wildman–Crippen MR) is 53.0 cm³/mol. The molecule has 6 heteroatoms. The van der Waals surface area contributed by atoms with Gasteiger partial charge in [0.05, 0.1) is 12.7 Å². The van der Waals surface area contributed by atoms with Crippen molar-refractivity contribution in [3.63, 3.8) is 0 Å². The van der Waals surface area contributed by atoms with Crippen LogP contribution >= 0.6 is 0 Å². The van der Waals surface area contributed by atoms with E-state index in [9.17, 15) is 9.59 Å². The SMILES string of the molecule is CCOC(=O)C(OC1CCOCC1)C(=O)O. The summed E-state index contributed by atoms with van der Waals surface area (Å²) in [6.07, 6.45) is -0.575. The van der Waals surface area contributed by atoms with Crippen molar-refractivity contribution >= 4 is 11.9 Å². The van der Waals surface area contributed by atoms with Crippen molar-refractivity contribution in [2.24, 2.45) is 0 Å². The van der Waals surface area contributed by atoms with Crippen molar-refractivity contribution in [1.82, 2.24) is 0 Å². The second-order valence-electron chi connectivity index (χ2n) is 3.42. The molecule has 1 unspecified atom stereocenters. The van der Waals surface area contributed by atoms with E-state index < -0.39 is 18.0 Å². The molecule has 0 saturated carbocycles. The van der Waals surface area contributed by atoms with Gasteiger partial charge in [0.1, 0.15) is 0 Å². The molecule has 0 spiro atoms. The van der Waals surface area contributed by atoms with Crippen molar-refractivity contribution in [2.75, 3.05) is 19.8 Å². The minimum atomic E-state index is -1.52. The maximum absolute atomic E-state index is 11.3. The fraction of sp³-hybridized carbons (Fsp3) is 0.800. The number of carboxylic acids is 1. The molecule has 0 aliphatic carbocycles. The lowest BCUT2D eigenvalue weighted by atomic mass is 10.1. The average Bonchev–Trinajstić information content (AvgIpc) is 2.27. The van der Waals surface area contributed by atoms with Gasteiger partial charge in [-0.15, -0.1) is 0 Å². The van der Waals surface area contributed by atoms with Crippen molar-refractivity contribution in [2.45, 2.75) is 32.0 Å². The van der Waals surface area contributed by atoms with Gasteiger partial charge in [0, 0.05) is 13.2 Å². The minimum Gasteiger partial charge on any atom is -0.479 e. The van der Waals surface area contributed by atoms with Crippen LogP contribution in [0.2, 0.25) is 0 Å². The Kier molecular flexibility index (Phi) is 5.21. The quantitative estimate of drug-likeness (QED) is 0.538. The normalized spacial score (nSPS) is 19.1. The van der Waals surface area contributed by atoms with Crippen LogP contribution in [0.25, 0.3) is 0 Å². The van der Waals surface area contributed by atoms with Gasteiger partial charge in [-0.1, -0.05) is 0 Å². The van der Waals surface area contributed by atoms with Crippen molar-refractivity contribution in [3.8, 4) is 0 Å². The van der Waals surface area contributed by atoms with Crippen LogP contribution in [0.4, 0.5) is 0 Å². The summed E-state index contributed by atoms with van der Waals surface area (Å²) in [5, 5.41) is 8.84. The maximum Gasteiger partial charge on any atom is 0.347 e. The summed E-state index contributed by atoms with van der Waals surface area (Å²) in [7, 11) is 0. The number of carbonyl (C=O) groups is 2. The number of hydrogen-bond acceptors (Lipinski definition) is 5. The van der Waals surface area contributed by atoms with Crippen molar-refractivity contribution < 1.29 is 28.9 Å². The standard InChI is InChI=1S/C10H16O6/c1-2-15-10(13)8(9(11)12)16-7-3-5-14-6-4-7/h7-8H,2-6H2,1H3,(H,11,12). The van der Waals surface area contributed by atoms with Crippen LogP contribution in [0, 0.1) is 0 Å². The van der Waals surface area contributed by atoms with Crippen LogP contribution in [0.5, 0.6) is 0 Å². The van der Waals surface area contributed by atoms with E-state index in [0.29, 0.717) is 26.1 Å². The molecule has 1 saturated heterocycles. The molecule has 0 radical (unpaired) electrons. The molecule has 1 heterocycles. The molecule has 6 nitrogen and oxygen atoms in total. The van der Waals surface area contributed by atoms with E-state index in [0.717, 1.165) is 0 Å². The second-order valence-corrected chi connectivity index (χ2v) is 3.42. The van der Waals surface area contributed by atoms with Gasteiger partial charge in [-0.2, -0.15) is 0 Å². The molecule has 0 amide bonds. The Bertz CT molecular complexity index is 246. The molecule has 1 fully saturated rings. The second kappa shape index (κ2) is 6.44. The zero-order valence-corrected chi connectivity index (χ0v) is 9.18. The summed E-state index contributed by atoms with van der Waals surface area (Å²) in [4.78, 5) is 22.1. The molecule has 0 aromatic heterocycles. The van der Waals surface area contributed by atoms with Crippen molar-refractivity contribution in [3.05, 3.63) is 0 Å². The third-order valence-electron chi connectivity index (χ3n) is 2.22. The molecule has 1 aliphatic rings. The summed E-state index contributed by atoms with van der Waals surface area (Å²) in [6.45, 7) is 2.81. The first kappa shape index (κ1) is 12.9. The molecular weight excluding hydrogens is 216 g/mol. The van der Waals surface area contributed by atoms with E-state index in [1.807, 2.05) is 0 Å². The Balaban J connectivity index is 2.49. The number of rotatable bonds is 5. The molecule has 0 bridgehead atoms. The van der Waals surface area contributed by atoms with Crippen molar-refractivity contribution in [1.29, 1.82) is 0 Å². The van der Waals surface area contributed by atoms with Gasteiger partial charge in [0.2, 0.25) is 0 Å². The highest BCUT2D eigenvalue weighted by molar-refractivity contribution is 5.97. The van der Waals surface area contributed by atoms with E-state index >= 15 is 0 Å². The Morgan fingerprint density at radius 2 is 2.06 bits per heavy atom. The molecule has 1 atom stereocenters. The number of carbonyl (C=O) groups excluding carboxylic acids is 1. The minimum absolute atomic E-state index is 0.139. The third-order valence-corrected chi connectivity index (χ3v) is 2.22. The first-order valence-electron chi connectivity index (χ1n) is 5.27. The van der Waals surface area contributed by atoms with E-state index in [4.69, 9.17) is 14.6 Å². The number of carboxylic acid groups (broad SMARTS) is 1. The van der Waals surface area contributed by atoms with Crippen LogP contribution in [0.3, 0.4) is 0 Å². The molecule has 0 aromatic carbocycles. The smallest absolute Gasteiger partial charge is 0.347 e. The molecule has 1 rings (SSSR count). The molecule has 16 heavy (non-hydrogen) atoms. The highest BCUT2D eigenvalue weighted by Gasteiger charge is 2.32. The lowest BCUT2D eigenvalue weighted by Gasteiger charge is -2.24. The fourth-order valence-corrected chi connectivity index (χ4v) is 1.44. The molecular formula is C10H16O6. The van der Waals surface area contributed by atoms with Crippen LogP contribution in [0.15, 0.2) is 0 Å². The number of ether oxygens (including phenoxy) is 3. The first-order chi connectivity index (χ1) is 7.65. The predicted octanol–water partition coefficient (Wildman–Crippen LogP) is 0.198. The number of esters is 1. The average molecular weight is 232 g/mol. The largest absolute Gasteiger partial charge is 0.479 e. The van der Waals surface area contributed by atoms with Gasteiger partial charge >= 0.3 is 11.9 Å². The van der Waals surface area contributed by atoms with Gasteiger partial charge in [-0.25, -0.2) is 9.59 Å². The summed E-state index contributed by atoms with van der Waals surface area (Å²) >= 11 is 0. The maximum atomic E-state index is 11.3. The summed E-state index contributed by atoms with van der Waals surface area (Å²) in [6, 6.07) is 0. The lowest BCUT2D eigenvalue weighted by molar-refractivity contribution is -0.177. The van der Waals surface area contributed by atoms with Crippen LogP contribution in [0.1, 0.15) is 19.8 Å². The Morgan fingerprint density at radius 3 is 2.56 bits per heavy atom. The topological polar surface area (TPSA) is 82.1 Å². The third kappa shape index (κ3) is 3.79. The van der Waals surface area contributed by atoms with Crippen LogP contribution in [-0.2, 0) is 23.8 Å². The fourth-order valence-electron chi connectivity index (χ4n) is 1.44. The van der Waals surface area contributed by atoms with Gasteiger partial charge in [-0.3, -0.25) is 0 Å². The van der Waals surface area contributed by atoms with E-state index in [2.05, 4.69) is 4.74 Å². The van der Waals surface area contributed by atoms with Gasteiger partial charge in [-0.05, 0) is 19.8 Å². The Labute approximate surface area is 93.5 Å². The van der Waals surface area contributed by atoms with Crippen LogP contribution < -0.4 is 0 Å². The molecule has 92 valence electrons. The lowest BCUT2D eigenvalue weighted by Crippen LogP contribution is -2.39. The van der Waals surface area contributed by atoms with Gasteiger partial charge in [0.15, 0.2) is 0 Å². The summed E-state index contributed by atoms with van der Waals surface area (Å²) in [5.41, 5.74) is 0. The number of hydrogen-bond donors (Lipinski definition) is 1. The first-order valence-corrected chi connectivity index (χ1v) is 5.27. The molecule has 1 aliphatic heterocycles. The van der Waals surface area contributed by atoms with E-state index in [1.54, 1.807) is 6.92 Å². The summed E-state index contributed by atoms with van der Waals surface area (Å²) < 4.78 is 15.0. The highest BCUT2D eigenvalue weighted by Crippen LogP contribution is 2.13. The number of aliphatic carboxylic acids is 1. The zero-order chi connectivity index (χ0) is 12.0. The molecule has 0 aromatic rings. The highest BCUT2D eigenvalue weighted by atomic mass is 16.6. The summed E-state index contributed by atoms with van der Waals surface area (Å²) in [5.74, 6) is -2.16.